The van der Waals surface area contributed by atoms with E-state index in [1.807, 2.05) is 0 Å². The van der Waals surface area contributed by atoms with Crippen LogP contribution in [-0.4, -0.2) is 22.8 Å². The van der Waals surface area contributed by atoms with Crippen LogP contribution in [0.5, 0.6) is 0 Å². The molecule has 1 aromatic carbocycles. The lowest BCUT2D eigenvalue weighted by atomic mass is 9.99. The summed E-state index contributed by atoms with van der Waals surface area (Å²) in [6, 6.07) is 3.73. The number of carbonyl (C=O) groups is 1. The van der Waals surface area contributed by atoms with E-state index in [0.717, 1.165) is 0 Å². The van der Waals surface area contributed by atoms with Gasteiger partial charge in [0.15, 0.2) is 0 Å². The number of carboxylic acids is 1. The third kappa shape index (κ3) is 1.84. The maximum absolute atomic E-state index is 10.8. The highest BCUT2D eigenvalue weighted by Crippen LogP contribution is 2.22. The SMILES string of the molecule is Nc1cccc(C(=O)O)c1[C@@H](N)CO. The van der Waals surface area contributed by atoms with Gasteiger partial charge in [-0.3, -0.25) is 0 Å². The van der Waals surface area contributed by atoms with Crippen LogP contribution in [0.2, 0.25) is 0 Å². The first kappa shape index (κ1) is 10.5. The van der Waals surface area contributed by atoms with Gasteiger partial charge in [-0.15, -0.1) is 0 Å². The fraction of sp³-hybridized carbons (Fsp3) is 0.222. The number of hydrogen-bond acceptors (Lipinski definition) is 4. The number of anilines is 1. The molecule has 6 N–H and O–H groups in total. The van der Waals surface area contributed by atoms with Crippen LogP contribution in [0.3, 0.4) is 0 Å². The summed E-state index contributed by atoms with van der Waals surface area (Å²) in [5.41, 5.74) is 11.7. The van der Waals surface area contributed by atoms with E-state index in [0.29, 0.717) is 0 Å². The van der Waals surface area contributed by atoms with Crippen molar-refractivity contribution >= 4 is 11.7 Å². The van der Waals surface area contributed by atoms with E-state index in [1.54, 1.807) is 6.07 Å². The Balaban J connectivity index is 3.29. The summed E-state index contributed by atoms with van der Waals surface area (Å²) in [6.45, 7) is -0.339. The molecule has 14 heavy (non-hydrogen) atoms. The minimum absolute atomic E-state index is 0.0338. The lowest BCUT2D eigenvalue weighted by molar-refractivity contribution is 0.0694. The normalized spacial score (nSPS) is 12.4. The van der Waals surface area contributed by atoms with Crippen LogP contribution < -0.4 is 11.5 Å². The average molecular weight is 196 g/mol. The molecule has 1 aromatic rings. The van der Waals surface area contributed by atoms with Gasteiger partial charge in [-0.05, 0) is 12.1 Å². The molecule has 5 nitrogen and oxygen atoms in total. The molecular weight excluding hydrogens is 184 g/mol. The topological polar surface area (TPSA) is 110 Å². The number of carboxylic acid groups (broad SMARTS) is 1. The van der Waals surface area contributed by atoms with Crippen LogP contribution in [0.15, 0.2) is 18.2 Å². The predicted molar refractivity (Wildman–Crippen MR) is 51.8 cm³/mol. The van der Waals surface area contributed by atoms with Gasteiger partial charge >= 0.3 is 5.97 Å². The molecule has 0 heterocycles. The zero-order valence-electron chi connectivity index (χ0n) is 7.47. The molecule has 0 amide bonds. The number of rotatable bonds is 3. The van der Waals surface area contributed by atoms with Gasteiger partial charge in [0.05, 0.1) is 18.2 Å². The third-order valence-electron chi connectivity index (χ3n) is 1.94. The van der Waals surface area contributed by atoms with E-state index in [4.69, 9.17) is 21.7 Å². The number of nitrogens with two attached hydrogens (primary N) is 2. The lowest BCUT2D eigenvalue weighted by Gasteiger charge is -2.14. The molecule has 0 aliphatic rings. The zero-order valence-corrected chi connectivity index (χ0v) is 7.47. The van der Waals surface area contributed by atoms with Gasteiger partial charge in [-0.25, -0.2) is 4.79 Å². The summed E-state index contributed by atoms with van der Waals surface area (Å²) < 4.78 is 0. The van der Waals surface area contributed by atoms with Gasteiger partial charge in [-0.1, -0.05) is 6.07 Å². The van der Waals surface area contributed by atoms with Crippen LogP contribution in [0, 0.1) is 0 Å². The first-order valence-corrected chi connectivity index (χ1v) is 4.06. The fourth-order valence-corrected chi connectivity index (χ4v) is 1.27. The van der Waals surface area contributed by atoms with E-state index in [1.165, 1.54) is 12.1 Å². The smallest absolute Gasteiger partial charge is 0.336 e. The largest absolute Gasteiger partial charge is 0.478 e. The Labute approximate surface area is 81.0 Å². The van der Waals surface area contributed by atoms with Crippen LogP contribution in [0.4, 0.5) is 5.69 Å². The molecule has 0 aliphatic carbocycles. The Kier molecular flexibility index (Phi) is 3.06. The molecule has 0 fully saturated rings. The molecule has 0 aromatic heterocycles. The Morgan fingerprint density at radius 2 is 2.14 bits per heavy atom. The fourth-order valence-electron chi connectivity index (χ4n) is 1.27. The highest BCUT2D eigenvalue weighted by molar-refractivity contribution is 5.91. The molecule has 0 radical (unpaired) electrons. The van der Waals surface area contributed by atoms with Crippen molar-refractivity contribution in [2.45, 2.75) is 6.04 Å². The molecule has 1 atom stereocenters. The van der Waals surface area contributed by atoms with Crippen molar-refractivity contribution in [2.24, 2.45) is 5.73 Å². The molecule has 5 heteroatoms. The minimum Gasteiger partial charge on any atom is -0.478 e. The maximum Gasteiger partial charge on any atom is 0.336 e. The minimum atomic E-state index is -1.10. The van der Waals surface area contributed by atoms with Crippen molar-refractivity contribution in [3.63, 3.8) is 0 Å². The summed E-state index contributed by atoms with van der Waals surface area (Å²) in [6.07, 6.45) is 0. The maximum atomic E-state index is 10.8. The van der Waals surface area contributed by atoms with Crippen LogP contribution in [-0.2, 0) is 0 Å². The number of aliphatic hydroxyl groups excluding tert-OH is 1. The second-order valence-corrected chi connectivity index (χ2v) is 2.90. The third-order valence-corrected chi connectivity index (χ3v) is 1.94. The number of aliphatic hydroxyl groups is 1. The standard InChI is InChI=1S/C9H12N2O3/c10-6-3-1-2-5(9(13)14)8(6)7(11)4-12/h1-3,7,12H,4,10-11H2,(H,13,14)/t7-/m0/s1. The zero-order chi connectivity index (χ0) is 10.7. The Hall–Kier alpha value is -1.59. The summed E-state index contributed by atoms with van der Waals surface area (Å²) in [5, 5.41) is 17.7. The highest BCUT2D eigenvalue weighted by Gasteiger charge is 2.17. The number of aromatic carboxylic acids is 1. The van der Waals surface area contributed by atoms with Gasteiger partial charge in [0.1, 0.15) is 0 Å². The van der Waals surface area contributed by atoms with Crippen LogP contribution >= 0.6 is 0 Å². The quantitative estimate of drug-likeness (QED) is 0.507. The van der Waals surface area contributed by atoms with E-state index < -0.39 is 12.0 Å². The molecule has 1 rings (SSSR count). The van der Waals surface area contributed by atoms with Crippen molar-refractivity contribution in [1.29, 1.82) is 0 Å². The second-order valence-electron chi connectivity index (χ2n) is 2.90. The molecule has 0 spiro atoms. The van der Waals surface area contributed by atoms with E-state index in [9.17, 15) is 4.79 Å². The van der Waals surface area contributed by atoms with Crippen LogP contribution in [0.25, 0.3) is 0 Å². The first-order chi connectivity index (χ1) is 6.57. The van der Waals surface area contributed by atoms with E-state index in [2.05, 4.69) is 0 Å². The van der Waals surface area contributed by atoms with Gasteiger partial charge < -0.3 is 21.7 Å². The summed E-state index contributed by atoms with van der Waals surface area (Å²) in [7, 11) is 0. The summed E-state index contributed by atoms with van der Waals surface area (Å²) >= 11 is 0. The molecular formula is C9H12N2O3. The van der Waals surface area contributed by atoms with E-state index >= 15 is 0 Å². The van der Waals surface area contributed by atoms with Crippen LogP contribution in [0.1, 0.15) is 22.0 Å². The lowest BCUT2D eigenvalue weighted by Crippen LogP contribution is -2.20. The average Bonchev–Trinajstić information content (AvgIpc) is 2.16. The van der Waals surface area contributed by atoms with Crippen molar-refractivity contribution in [3.05, 3.63) is 29.3 Å². The molecule has 0 saturated heterocycles. The highest BCUT2D eigenvalue weighted by atomic mass is 16.4. The number of benzene rings is 1. The van der Waals surface area contributed by atoms with Crippen molar-refractivity contribution in [3.8, 4) is 0 Å². The molecule has 0 unspecified atom stereocenters. The second kappa shape index (κ2) is 4.08. The molecule has 0 saturated carbocycles. The Bertz CT molecular complexity index is 352. The van der Waals surface area contributed by atoms with Crippen molar-refractivity contribution in [1.82, 2.24) is 0 Å². The van der Waals surface area contributed by atoms with E-state index in [-0.39, 0.29) is 23.4 Å². The molecule has 0 bridgehead atoms. The summed E-state index contributed by atoms with van der Waals surface area (Å²) in [4.78, 5) is 10.8. The molecule has 76 valence electrons. The van der Waals surface area contributed by atoms with Gasteiger partial charge in [0, 0.05) is 11.3 Å². The predicted octanol–water partition coefficient (Wildman–Crippen LogP) is -0.0409. The summed E-state index contributed by atoms with van der Waals surface area (Å²) in [5.74, 6) is -1.10. The number of hydrogen-bond donors (Lipinski definition) is 4. The van der Waals surface area contributed by atoms with Gasteiger partial charge in [-0.2, -0.15) is 0 Å². The van der Waals surface area contributed by atoms with Crippen molar-refractivity contribution < 1.29 is 15.0 Å². The monoisotopic (exact) mass is 196 g/mol. The molecule has 0 aliphatic heterocycles. The Morgan fingerprint density at radius 1 is 1.50 bits per heavy atom. The van der Waals surface area contributed by atoms with Crippen molar-refractivity contribution in [2.75, 3.05) is 12.3 Å². The first-order valence-electron chi connectivity index (χ1n) is 4.06. The number of nitrogen functional groups attached to an aromatic ring is 1. The van der Waals surface area contributed by atoms with Gasteiger partial charge in [0.2, 0.25) is 0 Å². The van der Waals surface area contributed by atoms with Gasteiger partial charge in [0.25, 0.3) is 0 Å². The Morgan fingerprint density at radius 3 is 2.64 bits per heavy atom.